The number of amides is 1. The fourth-order valence-corrected chi connectivity index (χ4v) is 4.50. The Balaban J connectivity index is 1.21. The molecular weight excluding hydrogens is 421 g/mol. The van der Waals surface area contributed by atoms with E-state index in [1.807, 2.05) is 30.3 Å². The predicted molar refractivity (Wildman–Crippen MR) is 125 cm³/mol. The molecule has 2 aliphatic heterocycles. The second-order valence-corrected chi connectivity index (χ2v) is 8.87. The molecule has 2 saturated heterocycles. The molecule has 178 valence electrons. The molecule has 0 unspecified atom stereocenters. The van der Waals surface area contributed by atoms with E-state index in [1.165, 1.54) is 6.07 Å². The first-order valence-electron chi connectivity index (χ1n) is 11.9. The highest BCUT2D eigenvalue weighted by atomic mass is 19.1. The van der Waals surface area contributed by atoms with Crippen LogP contribution < -0.4 is 10.1 Å². The summed E-state index contributed by atoms with van der Waals surface area (Å²) in [5.74, 6) is 0.651. The molecule has 33 heavy (non-hydrogen) atoms. The van der Waals surface area contributed by atoms with Crippen LogP contribution in [-0.2, 0) is 22.6 Å². The highest BCUT2D eigenvalue weighted by molar-refractivity contribution is 5.79. The molecule has 0 aliphatic carbocycles. The lowest BCUT2D eigenvalue weighted by atomic mass is 9.96. The average Bonchev–Trinajstić information content (AvgIpc) is 2.84. The number of likely N-dealkylation sites (tertiary alicyclic amines) is 1. The van der Waals surface area contributed by atoms with Gasteiger partial charge in [0.05, 0.1) is 19.1 Å². The van der Waals surface area contributed by atoms with Crippen molar-refractivity contribution in [2.24, 2.45) is 5.92 Å². The summed E-state index contributed by atoms with van der Waals surface area (Å²) in [5.41, 5.74) is 1.97. The SMILES string of the molecule is O=C(NCc1cccc(OCCN2CCOCC2)c1)[C@@H]1CCCN(Cc2cccc(F)c2)C1. The van der Waals surface area contributed by atoms with Crippen LogP contribution in [0.3, 0.4) is 0 Å². The number of nitrogens with zero attached hydrogens (tertiary/aromatic N) is 2. The molecular formula is C26H34FN3O3. The van der Waals surface area contributed by atoms with Gasteiger partial charge < -0.3 is 14.8 Å². The van der Waals surface area contributed by atoms with Gasteiger partial charge >= 0.3 is 0 Å². The topological polar surface area (TPSA) is 54.0 Å². The van der Waals surface area contributed by atoms with Gasteiger partial charge in [-0.3, -0.25) is 14.6 Å². The van der Waals surface area contributed by atoms with Crippen molar-refractivity contribution in [2.45, 2.75) is 25.9 Å². The van der Waals surface area contributed by atoms with Crippen molar-refractivity contribution < 1.29 is 18.7 Å². The number of nitrogens with one attached hydrogen (secondary N) is 1. The van der Waals surface area contributed by atoms with Crippen molar-refractivity contribution in [2.75, 3.05) is 52.5 Å². The van der Waals surface area contributed by atoms with Gasteiger partial charge in [-0.25, -0.2) is 4.39 Å². The number of halogens is 1. The molecule has 2 heterocycles. The summed E-state index contributed by atoms with van der Waals surface area (Å²) >= 11 is 0. The lowest BCUT2D eigenvalue weighted by Gasteiger charge is -2.32. The monoisotopic (exact) mass is 455 g/mol. The minimum absolute atomic E-state index is 0.0414. The maximum Gasteiger partial charge on any atom is 0.224 e. The van der Waals surface area contributed by atoms with Gasteiger partial charge in [-0.05, 0) is 54.8 Å². The van der Waals surface area contributed by atoms with Crippen LogP contribution in [0.15, 0.2) is 48.5 Å². The summed E-state index contributed by atoms with van der Waals surface area (Å²) in [6, 6.07) is 14.6. The molecule has 0 spiro atoms. The Morgan fingerprint density at radius 1 is 1.06 bits per heavy atom. The minimum atomic E-state index is -0.217. The number of carbonyl (C=O) groups excluding carboxylic acids is 1. The van der Waals surface area contributed by atoms with E-state index in [2.05, 4.69) is 15.1 Å². The van der Waals surface area contributed by atoms with Crippen LogP contribution in [0.2, 0.25) is 0 Å². The zero-order chi connectivity index (χ0) is 22.9. The zero-order valence-corrected chi connectivity index (χ0v) is 19.2. The van der Waals surface area contributed by atoms with E-state index >= 15 is 0 Å². The van der Waals surface area contributed by atoms with Gasteiger partial charge in [0.1, 0.15) is 18.2 Å². The molecule has 0 bridgehead atoms. The Kier molecular flexibility index (Phi) is 8.69. The van der Waals surface area contributed by atoms with Crippen molar-refractivity contribution in [3.63, 3.8) is 0 Å². The number of hydrogen-bond acceptors (Lipinski definition) is 5. The summed E-state index contributed by atoms with van der Waals surface area (Å²) in [4.78, 5) is 17.4. The standard InChI is InChI=1S/C26H34FN3O3/c27-24-7-1-5-22(16-24)19-30-9-3-6-23(20-30)26(31)28-18-21-4-2-8-25(17-21)33-15-12-29-10-13-32-14-11-29/h1-2,4-5,7-8,16-17,23H,3,6,9-15,18-20H2,(H,28,31)/t23-/m1/s1. The van der Waals surface area contributed by atoms with Crippen LogP contribution in [0.1, 0.15) is 24.0 Å². The Bertz CT molecular complexity index is 904. The van der Waals surface area contributed by atoms with Crippen LogP contribution in [0.5, 0.6) is 5.75 Å². The molecule has 6 nitrogen and oxygen atoms in total. The molecule has 1 amide bonds. The first-order valence-corrected chi connectivity index (χ1v) is 11.9. The van der Waals surface area contributed by atoms with Crippen molar-refractivity contribution in [3.8, 4) is 5.75 Å². The number of morpholine rings is 1. The first-order chi connectivity index (χ1) is 16.2. The van der Waals surface area contributed by atoms with E-state index in [0.29, 0.717) is 26.2 Å². The van der Waals surface area contributed by atoms with Crippen molar-refractivity contribution in [1.29, 1.82) is 0 Å². The molecule has 2 fully saturated rings. The first kappa shape index (κ1) is 23.7. The number of ether oxygens (including phenoxy) is 2. The van der Waals surface area contributed by atoms with E-state index in [4.69, 9.17) is 9.47 Å². The molecule has 2 aromatic rings. The van der Waals surface area contributed by atoms with Crippen LogP contribution in [0.25, 0.3) is 0 Å². The fourth-order valence-electron chi connectivity index (χ4n) is 4.50. The summed E-state index contributed by atoms with van der Waals surface area (Å²) in [5, 5.41) is 3.09. The molecule has 0 radical (unpaired) electrons. The molecule has 7 heteroatoms. The lowest BCUT2D eigenvalue weighted by Crippen LogP contribution is -2.42. The summed E-state index contributed by atoms with van der Waals surface area (Å²) < 4.78 is 24.8. The van der Waals surface area contributed by atoms with E-state index in [-0.39, 0.29) is 17.6 Å². The highest BCUT2D eigenvalue weighted by Crippen LogP contribution is 2.20. The van der Waals surface area contributed by atoms with E-state index < -0.39 is 0 Å². The Morgan fingerprint density at radius 3 is 2.73 bits per heavy atom. The third-order valence-corrected chi connectivity index (χ3v) is 6.32. The zero-order valence-electron chi connectivity index (χ0n) is 19.2. The molecule has 1 N–H and O–H groups in total. The van der Waals surface area contributed by atoms with Crippen LogP contribution in [-0.4, -0.2) is 68.3 Å². The Hall–Kier alpha value is -2.48. The van der Waals surface area contributed by atoms with Gasteiger partial charge in [-0.2, -0.15) is 0 Å². The number of hydrogen-bond donors (Lipinski definition) is 1. The van der Waals surface area contributed by atoms with Crippen molar-refractivity contribution in [1.82, 2.24) is 15.1 Å². The van der Waals surface area contributed by atoms with Crippen molar-refractivity contribution in [3.05, 3.63) is 65.5 Å². The van der Waals surface area contributed by atoms with Crippen LogP contribution in [0.4, 0.5) is 4.39 Å². The molecule has 1 atom stereocenters. The van der Waals surface area contributed by atoms with Crippen LogP contribution in [0, 0.1) is 11.7 Å². The second-order valence-electron chi connectivity index (χ2n) is 8.87. The molecule has 2 aliphatic rings. The normalized spacial score (nSPS) is 19.8. The number of rotatable bonds is 9. The van der Waals surface area contributed by atoms with Gasteiger partial charge in [0, 0.05) is 39.3 Å². The van der Waals surface area contributed by atoms with Gasteiger partial charge in [0.2, 0.25) is 5.91 Å². The summed E-state index contributed by atoms with van der Waals surface area (Å²) in [6.07, 6.45) is 1.86. The second kappa shape index (κ2) is 12.1. The Labute approximate surface area is 195 Å². The minimum Gasteiger partial charge on any atom is -0.492 e. The molecule has 2 aromatic carbocycles. The smallest absolute Gasteiger partial charge is 0.224 e. The van der Waals surface area contributed by atoms with Gasteiger partial charge in [-0.1, -0.05) is 24.3 Å². The third-order valence-electron chi connectivity index (χ3n) is 6.32. The molecule has 4 rings (SSSR count). The quantitative estimate of drug-likeness (QED) is 0.630. The average molecular weight is 456 g/mol. The van der Waals surface area contributed by atoms with E-state index in [0.717, 1.165) is 69.1 Å². The number of carbonyl (C=O) groups is 1. The van der Waals surface area contributed by atoms with Gasteiger partial charge in [0.25, 0.3) is 0 Å². The highest BCUT2D eigenvalue weighted by Gasteiger charge is 2.25. The molecule has 0 aromatic heterocycles. The third kappa shape index (κ3) is 7.52. The lowest BCUT2D eigenvalue weighted by molar-refractivity contribution is -0.126. The van der Waals surface area contributed by atoms with Gasteiger partial charge in [0.15, 0.2) is 0 Å². The van der Waals surface area contributed by atoms with E-state index in [9.17, 15) is 9.18 Å². The largest absolute Gasteiger partial charge is 0.492 e. The maximum absolute atomic E-state index is 13.5. The van der Waals surface area contributed by atoms with Gasteiger partial charge in [-0.15, -0.1) is 0 Å². The fraction of sp³-hybridized carbons (Fsp3) is 0.500. The molecule has 0 saturated carbocycles. The maximum atomic E-state index is 13.5. The Morgan fingerprint density at radius 2 is 1.88 bits per heavy atom. The van der Waals surface area contributed by atoms with E-state index in [1.54, 1.807) is 12.1 Å². The summed E-state index contributed by atoms with van der Waals surface area (Å²) in [6.45, 7) is 7.81. The van der Waals surface area contributed by atoms with Crippen LogP contribution >= 0.6 is 0 Å². The van der Waals surface area contributed by atoms with Crippen molar-refractivity contribution >= 4 is 5.91 Å². The number of piperidine rings is 1. The number of benzene rings is 2. The summed E-state index contributed by atoms with van der Waals surface area (Å²) in [7, 11) is 0. The predicted octanol–water partition coefficient (Wildman–Crippen LogP) is 3.07.